The first kappa shape index (κ1) is 24.3. The monoisotopic (exact) mass is 472 g/mol. The van der Waals surface area contributed by atoms with Gasteiger partial charge in [0, 0.05) is 11.3 Å². The number of hydrogen-bond acceptors (Lipinski definition) is 6. The van der Waals surface area contributed by atoms with Crippen LogP contribution in [0.2, 0.25) is 0 Å². The molecule has 0 radical (unpaired) electrons. The second kappa shape index (κ2) is 11.0. The Labute approximate surface area is 194 Å². The van der Waals surface area contributed by atoms with E-state index in [1.165, 1.54) is 30.5 Å². The van der Waals surface area contributed by atoms with Gasteiger partial charge in [-0.25, -0.2) is 13.1 Å². The maximum Gasteiger partial charge on any atom is 0.255 e. The highest BCUT2D eigenvalue weighted by molar-refractivity contribution is 7.89. The van der Waals surface area contributed by atoms with Crippen molar-refractivity contribution < 1.29 is 27.1 Å². The van der Waals surface area contributed by atoms with Gasteiger partial charge in [0.1, 0.15) is 5.76 Å². The summed E-state index contributed by atoms with van der Waals surface area (Å²) in [4.78, 5) is 12.8. The third-order valence-electron chi connectivity index (χ3n) is 4.52. The van der Waals surface area contributed by atoms with Gasteiger partial charge in [0.25, 0.3) is 5.91 Å². The van der Waals surface area contributed by atoms with Crippen molar-refractivity contribution in [2.24, 2.45) is 5.92 Å². The lowest BCUT2D eigenvalue weighted by molar-refractivity contribution is 0.102. The lowest BCUT2D eigenvalue weighted by Crippen LogP contribution is -2.23. The van der Waals surface area contributed by atoms with Crippen LogP contribution in [0.25, 0.3) is 0 Å². The molecule has 2 N–H and O–H groups in total. The summed E-state index contributed by atoms with van der Waals surface area (Å²) in [6, 6.07) is 14.3. The Morgan fingerprint density at radius 3 is 2.42 bits per heavy atom. The smallest absolute Gasteiger partial charge is 0.255 e. The molecule has 33 heavy (non-hydrogen) atoms. The Hall–Kier alpha value is -3.30. The predicted octanol–water partition coefficient (Wildman–Crippen LogP) is 4.44. The van der Waals surface area contributed by atoms with Crippen LogP contribution in [0.4, 0.5) is 5.69 Å². The molecule has 0 aliphatic rings. The first-order chi connectivity index (χ1) is 15.8. The van der Waals surface area contributed by atoms with Gasteiger partial charge in [-0.3, -0.25) is 4.79 Å². The third kappa shape index (κ3) is 6.84. The molecule has 0 aliphatic carbocycles. The van der Waals surface area contributed by atoms with E-state index in [1.54, 1.807) is 30.3 Å². The normalized spacial score (nSPS) is 11.4. The molecule has 3 rings (SSSR count). The lowest BCUT2D eigenvalue weighted by Gasteiger charge is -2.14. The quantitative estimate of drug-likeness (QED) is 0.427. The highest BCUT2D eigenvalue weighted by atomic mass is 32.2. The van der Waals surface area contributed by atoms with E-state index in [9.17, 15) is 13.2 Å². The van der Waals surface area contributed by atoms with Crippen LogP contribution in [-0.2, 0) is 16.6 Å². The molecular formula is C24H28N2O6S. The second-order valence-corrected chi connectivity index (χ2v) is 9.45. The number of anilines is 1. The molecule has 0 atom stereocenters. The summed E-state index contributed by atoms with van der Waals surface area (Å²) >= 11 is 0. The molecule has 0 fully saturated rings. The highest BCUT2D eigenvalue weighted by Gasteiger charge is 2.16. The molecule has 1 amide bonds. The number of furan rings is 1. The summed E-state index contributed by atoms with van der Waals surface area (Å²) in [6.45, 7) is 6.98. The topological polar surface area (TPSA) is 107 Å². The summed E-state index contributed by atoms with van der Waals surface area (Å²) in [5.41, 5.74) is 0.857. The fourth-order valence-corrected chi connectivity index (χ4v) is 3.87. The molecule has 0 saturated carbocycles. The minimum Gasteiger partial charge on any atom is -0.490 e. The van der Waals surface area contributed by atoms with Crippen LogP contribution in [0.3, 0.4) is 0 Å². The van der Waals surface area contributed by atoms with Crippen LogP contribution < -0.4 is 19.5 Å². The minimum absolute atomic E-state index is 0.0485. The first-order valence-electron chi connectivity index (χ1n) is 10.6. The molecule has 8 nitrogen and oxygen atoms in total. The van der Waals surface area contributed by atoms with Crippen molar-refractivity contribution in [1.82, 2.24) is 4.72 Å². The van der Waals surface area contributed by atoms with Gasteiger partial charge >= 0.3 is 0 Å². The van der Waals surface area contributed by atoms with E-state index in [4.69, 9.17) is 13.9 Å². The average molecular weight is 473 g/mol. The molecule has 0 saturated heterocycles. The number of amides is 1. The maximum absolute atomic E-state index is 12.7. The van der Waals surface area contributed by atoms with E-state index in [2.05, 4.69) is 10.0 Å². The number of ether oxygens (including phenoxy) is 2. The fourth-order valence-electron chi connectivity index (χ4n) is 2.88. The van der Waals surface area contributed by atoms with Crippen molar-refractivity contribution in [1.29, 1.82) is 0 Å². The summed E-state index contributed by atoms with van der Waals surface area (Å²) < 4.78 is 43.9. The molecule has 176 valence electrons. The number of sulfonamides is 1. The predicted molar refractivity (Wildman–Crippen MR) is 125 cm³/mol. The van der Waals surface area contributed by atoms with E-state index < -0.39 is 10.0 Å². The van der Waals surface area contributed by atoms with Gasteiger partial charge < -0.3 is 19.2 Å². The zero-order chi connectivity index (χ0) is 23.8. The van der Waals surface area contributed by atoms with Gasteiger partial charge in [-0.1, -0.05) is 13.8 Å². The van der Waals surface area contributed by atoms with Crippen molar-refractivity contribution in [3.63, 3.8) is 0 Å². The molecule has 1 heterocycles. The van der Waals surface area contributed by atoms with Gasteiger partial charge in [-0.2, -0.15) is 0 Å². The van der Waals surface area contributed by atoms with E-state index in [0.717, 1.165) is 0 Å². The number of benzene rings is 2. The Morgan fingerprint density at radius 1 is 1.03 bits per heavy atom. The number of rotatable bonds is 11. The molecule has 0 aliphatic heterocycles. The Bertz CT molecular complexity index is 1160. The number of carbonyl (C=O) groups is 1. The van der Waals surface area contributed by atoms with E-state index in [-0.39, 0.29) is 17.3 Å². The fraction of sp³-hybridized carbons (Fsp3) is 0.292. The number of carbonyl (C=O) groups excluding carboxylic acids is 1. The Balaban J connectivity index is 1.66. The van der Waals surface area contributed by atoms with Gasteiger partial charge in [0.15, 0.2) is 11.5 Å². The van der Waals surface area contributed by atoms with Crippen molar-refractivity contribution in [2.75, 3.05) is 18.5 Å². The maximum atomic E-state index is 12.7. The summed E-state index contributed by atoms with van der Waals surface area (Å²) in [7, 11) is -3.72. The van der Waals surface area contributed by atoms with Gasteiger partial charge in [0.2, 0.25) is 10.0 Å². The van der Waals surface area contributed by atoms with E-state index in [1.807, 2.05) is 20.8 Å². The zero-order valence-corrected chi connectivity index (χ0v) is 19.6. The lowest BCUT2D eigenvalue weighted by atomic mass is 10.1. The minimum atomic E-state index is -3.72. The van der Waals surface area contributed by atoms with Crippen molar-refractivity contribution in [3.05, 3.63) is 72.2 Å². The summed E-state index contributed by atoms with van der Waals surface area (Å²) in [6.07, 6.45) is 1.48. The van der Waals surface area contributed by atoms with Gasteiger partial charge in [0.05, 0.1) is 30.9 Å². The second-order valence-electron chi connectivity index (χ2n) is 7.68. The van der Waals surface area contributed by atoms with Gasteiger partial charge in [-0.15, -0.1) is 0 Å². The van der Waals surface area contributed by atoms with Crippen LogP contribution in [-0.4, -0.2) is 27.5 Å². The van der Waals surface area contributed by atoms with E-state index in [0.29, 0.717) is 47.6 Å². The average Bonchev–Trinajstić information content (AvgIpc) is 3.31. The molecule has 0 unspecified atom stereocenters. The summed E-state index contributed by atoms with van der Waals surface area (Å²) in [5, 5.41) is 2.76. The molecule has 1 aromatic heterocycles. The number of hydrogen-bond donors (Lipinski definition) is 2. The van der Waals surface area contributed by atoms with Crippen LogP contribution >= 0.6 is 0 Å². The van der Waals surface area contributed by atoms with Gasteiger partial charge in [-0.05, 0) is 67.4 Å². The highest BCUT2D eigenvalue weighted by Crippen LogP contribution is 2.29. The molecule has 9 heteroatoms. The van der Waals surface area contributed by atoms with E-state index >= 15 is 0 Å². The third-order valence-corrected chi connectivity index (χ3v) is 5.93. The zero-order valence-electron chi connectivity index (χ0n) is 18.8. The first-order valence-corrected chi connectivity index (χ1v) is 12.1. The number of nitrogens with one attached hydrogen (secondary N) is 2. The van der Waals surface area contributed by atoms with Crippen LogP contribution in [0.1, 0.15) is 36.9 Å². The van der Waals surface area contributed by atoms with Crippen LogP contribution in [0.5, 0.6) is 11.5 Å². The Morgan fingerprint density at radius 2 is 1.79 bits per heavy atom. The van der Waals surface area contributed by atoms with Crippen molar-refractivity contribution >= 4 is 21.6 Å². The Kier molecular flexibility index (Phi) is 8.13. The molecule has 2 aromatic carbocycles. The van der Waals surface area contributed by atoms with Crippen LogP contribution in [0, 0.1) is 5.92 Å². The largest absolute Gasteiger partial charge is 0.490 e. The SMILES string of the molecule is CCOc1cc(C(=O)Nc2ccc(S(=O)(=O)NCc3ccco3)cc2)ccc1OCC(C)C. The van der Waals surface area contributed by atoms with Crippen molar-refractivity contribution in [2.45, 2.75) is 32.2 Å². The molecule has 0 spiro atoms. The molecule has 3 aromatic rings. The summed E-state index contributed by atoms with van der Waals surface area (Å²) in [5.74, 6) is 1.59. The van der Waals surface area contributed by atoms with Crippen molar-refractivity contribution in [3.8, 4) is 11.5 Å². The molecular weight excluding hydrogens is 444 g/mol. The standard InChI is InChI=1S/C24H28N2O6S/c1-4-30-23-14-18(7-12-22(23)32-16-17(2)3)24(27)26-19-8-10-21(11-9-19)33(28,29)25-15-20-6-5-13-31-20/h5-14,17,25H,4,15-16H2,1-3H3,(H,26,27). The molecule has 0 bridgehead atoms. The van der Waals surface area contributed by atoms with Crippen LogP contribution in [0.15, 0.2) is 70.2 Å².